The molecule has 0 radical (unpaired) electrons. The molecule has 2 amide bonds. The molecule has 0 saturated heterocycles. The fourth-order valence-electron chi connectivity index (χ4n) is 2.99. The summed E-state index contributed by atoms with van der Waals surface area (Å²) in [5.74, 6) is 0.832. The molecule has 0 spiro atoms. The minimum atomic E-state index is -10.7. The van der Waals surface area contributed by atoms with Gasteiger partial charge in [0.1, 0.15) is 17.0 Å². The maximum absolute atomic E-state index is 12.9. The molecule has 0 aliphatic rings. The van der Waals surface area contributed by atoms with Gasteiger partial charge in [-0.15, -0.1) is 0 Å². The van der Waals surface area contributed by atoms with Crippen LogP contribution >= 0.6 is 7.81 Å². The molecule has 2 rings (SSSR count). The number of amides is 2. The van der Waals surface area contributed by atoms with Crippen LogP contribution in [-0.2, 0) is 15.9 Å². The zero-order valence-electron chi connectivity index (χ0n) is 24.5. The normalized spacial score (nSPS) is 13.6. The quantitative estimate of drug-likeness (QED) is 0.192. The standard InChI is InChI=1S/C27H37INO5.F6P/c1-18-16-20(23(17-19(18)2)28-21-10-12-22(32-9)13-11-21)14-15-29(24(30)33-26(3,4)5)25(31)34-27(6,7)8;1-7(2,3,4,5)6/h10-13,16-17H,14-15H2,1-9H3;/q+1;-1. The van der Waals surface area contributed by atoms with Gasteiger partial charge < -0.3 is 14.2 Å². The Morgan fingerprint density at radius 1 is 0.805 bits per heavy atom. The summed E-state index contributed by atoms with van der Waals surface area (Å²) < 4.78 is 78.0. The molecule has 0 aromatic heterocycles. The van der Waals surface area contributed by atoms with Crippen LogP contribution in [-0.4, -0.2) is 41.9 Å². The molecule has 0 atom stereocenters. The van der Waals surface area contributed by atoms with Crippen molar-refractivity contribution in [2.75, 3.05) is 13.7 Å². The second kappa shape index (κ2) is 12.5. The summed E-state index contributed by atoms with van der Waals surface area (Å²) >= 11 is -0.456. The number of methoxy groups -OCH3 is 1. The monoisotopic (exact) mass is 727 g/mol. The van der Waals surface area contributed by atoms with Crippen molar-refractivity contribution in [3.63, 3.8) is 0 Å². The van der Waals surface area contributed by atoms with Crippen LogP contribution in [0.2, 0.25) is 0 Å². The van der Waals surface area contributed by atoms with E-state index in [0.717, 1.165) is 16.2 Å². The summed E-state index contributed by atoms with van der Waals surface area (Å²) in [4.78, 5) is 26.8. The van der Waals surface area contributed by atoms with Gasteiger partial charge in [-0.3, -0.25) is 0 Å². The molecule has 41 heavy (non-hydrogen) atoms. The number of aryl methyl sites for hydroxylation is 2. The van der Waals surface area contributed by atoms with Crippen LogP contribution in [0.4, 0.5) is 34.8 Å². The van der Waals surface area contributed by atoms with Gasteiger partial charge in [0, 0.05) is 12.1 Å². The van der Waals surface area contributed by atoms with Crippen LogP contribution in [0.5, 0.6) is 5.75 Å². The Kier molecular flexibility index (Phi) is 11.2. The van der Waals surface area contributed by atoms with E-state index in [1.54, 1.807) is 48.7 Å². The molecule has 2 aromatic carbocycles. The van der Waals surface area contributed by atoms with Gasteiger partial charge in [0.25, 0.3) is 0 Å². The number of ether oxygens (including phenoxy) is 3. The number of imide groups is 1. The first-order valence-electron chi connectivity index (χ1n) is 12.3. The fraction of sp³-hybridized carbons (Fsp3) is 0.481. The molecule has 0 unspecified atom stereocenters. The molecule has 0 aliphatic carbocycles. The van der Waals surface area contributed by atoms with Crippen LogP contribution in [0.3, 0.4) is 0 Å². The summed E-state index contributed by atoms with van der Waals surface area (Å²) in [5, 5.41) is 0. The average Bonchev–Trinajstić information content (AvgIpc) is 2.73. The van der Waals surface area contributed by atoms with E-state index in [9.17, 15) is 34.8 Å². The Balaban J connectivity index is 0.00000106. The van der Waals surface area contributed by atoms with E-state index in [0.29, 0.717) is 6.42 Å². The maximum atomic E-state index is 12.9. The van der Waals surface area contributed by atoms with Crippen molar-refractivity contribution >= 4 is 20.0 Å². The molecule has 6 nitrogen and oxygen atoms in total. The Morgan fingerprint density at radius 3 is 1.61 bits per heavy atom. The van der Waals surface area contributed by atoms with Crippen LogP contribution in [0, 0.1) is 21.0 Å². The third-order valence-corrected chi connectivity index (χ3v) is 7.68. The predicted octanol–water partition coefficient (Wildman–Crippen LogP) is 6.54. The van der Waals surface area contributed by atoms with Gasteiger partial charge in [-0.25, -0.2) is 14.5 Å². The molecular formula is C27H37F6INO5P. The first kappa shape index (κ1) is 36.7. The van der Waals surface area contributed by atoms with Gasteiger partial charge in [0.15, 0.2) is 7.14 Å². The minimum absolute atomic E-state index is 0.172. The second-order valence-corrected chi connectivity index (χ2v) is 16.0. The average molecular weight is 727 g/mol. The number of benzene rings is 2. The molecule has 0 saturated carbocycles. The Morgan fingerprint density at radius 2 is 1.22 bits per heavy atom. The molecule has 0 N–H and O–H groups in total. The van der Waals surface area contributed by atoms with E-state index in [4.69, 9.17) is 14.2 Å². The third-order valence-electron chi connectivity index (χ3n) is 4.76. The number of rotatable bonds is 6. The Bertz CT molecular complexity index is 1190. The van der Waals surface area contributed by atoms with Crippen molar-refractivity contribution in [3.8, 4) is 5.75 Å². The molecule has 0 heterocycles. The van der Waals surface area contributed by atoms with Gasteiger partial charge >= 0.3 is 66.4 Å². The number of halogens is 7. The van der Waals surface area contributed by atoms with Crippen molar-refractivity contribution < 1.29 is 70.2 Å². The molecule has 234 valence electrons. The van der Waals surface area contributed by atoms with E-state index in [2.05, 4.69) is 38.1 Å². The zero-order valence-corrected chi connectivity index (χ0v) is 27.5. The van der Waals surface area contributed by atoms with Crippen molar-refractivity contribution in [1.82, 2.24) is 4.90 Å². The number of hydrogen-bond acceptors (Lipinski definition) is 5. The second-order valence-electron chi connectivity index (χ2n) is 11.1. The van der Waals surface area contributed by atoms with Crippen molar-refractivity contribution in [3.05, 3.63) is 60.2 Å². The summed E-state index contributed by atoms with van der Waals surface area (Å²) in [6.07, 6.45) is -0.876. The van der Waals surface area contributed by atoms with E-state index in [-0.39, 0.29) is 6.54 Å². The SMILES string of the molecule is COc1ccc([I+]c2cc(C)c(C)cc2CCN(C(=O)OC(C)(C)C)C(=O)OC(C)(C)C)cc1.F[P-](F)(F)(F)(F)F. The van der Waals surface area contributed by atoms with Crippen molar-refractivity contribution in [1.29, 1.82) is 0 Å². The summed E-state index contributed by atoms with van der Waals surface area (Å²) in [6, 6.07) is 12.5. The van der Waals surface area contributed by atoms with Crippen molar-refractivity contribution in [2.24, 2.45) is 0 Å². The van der Waals surface area contributed by atoms with Crippen LogP contribution in [0.1, 0.15) is 58.2 Å². The number of carbonyl (C=O) groups excluding carboxylic acids is 2. The summed E-state index contributed by atoms with van der Waals surface area (Å²) in [7, 11) is -9.00. The summed E-state index contributed by atoms with van der Waals surface area (Å²) in [6.45, 7) is 15.0. The van der Waals surface area contributed by atoms with E-state index in [1.165, 1.54) is 18.3 Å². The first-order chi connectivity index (χ1) is 18.1. The molecular weight excluding hydrogens is 690 g/mol. The van der Waals surface area contributed by atoms with Gasteiger partial charge in [-0.1, -0.05) is 6.07 Å². The van der Waals surface area contributed by atoms with Gasteiger partial charge in [0.2, 0.25) is 0 Å². The van der Waals surface area contributed by atoms with Gasteiger partial charge in [-0.2, -0.15) is 0 Å². The molecule has 14 heteroatoms. The number of hydrogen-bond donors (Lipinski definition) is 0. The molecule has 0 bridgehead atoms. The Labute approximate surface area is 247 Å². The van der Waals surface area contributed by atoms with Crippen molar-refractivity contribution in [2.45, 2.75) is 73.0 Å². The molecule has 0 aliphatic heterocycles. The summed E-state index contributed by atoms with van der Waals surface area (Å²) in [5.41, 5.74) is 2.09. The van der Waals surface area contributed by atoms with E-state index in [1.807, 2.05) is 12.1 Å². The topological polar surface area (TPSA) is 65.1 Å². The Hall–Kier alpha value is -2.28. The van der Waals surface area contributed by atoms with Crippen LogP contribution < -0.4 is 25.9 Å². The van der Waals surface area contributed by atoms with Crippen LogP contribution in [0.25, 0.3) is 0 Å². The van der Waals surface area contributed by atoms with Gasteiger partial charge in [0.05, 0.1) is 7.11 Å². The number of nitrogens with zero attached hydrogens (tertiary/aromatic N) is 1. The van der Waals surface area contributed by atoms with E-state index < -0.39 is 52.4 Å². The molecule has 2 aromatic rings. The van der Waals surface area contributed by atoms with Crippen LogP contribution in [0.15, 0.2) is 36.4 Å². The first-order valence-corrected chi connectivity index (χ1v) is 16.5. The fourth-order valence-corrected chi connectivity index (χ4v) is 5.78. The van der Waals surface area contributed by atoms with Gasteiger partial charge in [-0.05, 0) is 103 Å². The predicted molar refractivity (Wildman–Crippen MR) is 143 cm³/mol. The zero-order chi connectivity index (χ0) is 32.1. The molecule has 0 fully saturated rings. The van der Waals surface area contributed by atoms with E-state index >= 15 is 0 Å². The third kappa shape index (κ3) is 17.3. The number of carbonyl (C=O) groups is 2.